The van der Waals surface area contributed by atoms with Gasteiger partial charge in [0.1, 0.15) is 23.4 Å². The lowest BCUT2D eigenvalue weighted by molar-refractivity contribution is -0.141. The van der Waals surface area contributed by atoms with Crippen molar-refractivity contribution in [2.75, 3.05) is 24.6 Å². The minimum absolute atomic E-state index is 0.0600. The van der Waals surface area contributed by atoms with Crippen LogP contribution in [0, 0.1) is 0 Å². The highest BCUT2D eigenvalue weighted by Gasteiger charge is 2.33. The number of halogens is 3. The summed E-state index contributed by atoms with van der Waals surface area (Å²) < 4.78 is 44.6. The van der Waals surface area contributed by atoms with E-state index in [0.29, 0.717) is 31.1 Å². The number of alkyl halides is 3. The molecule has 1 amide bonds. The fourth-order valence-corrected chi connectivity index (χ4v) is 3.32. The van der Waals surface area contributed by atoms with Crippen LogP contribution >= 0.6 is 0 Å². The summed E-state index contributed by atoms with van der Waals surface area (Å²) in [4.78, 5) is 17.1. The van der Waals surface area contributed by atoms with Crippen LogP contribution in [-0.2, 0) is 11.0 Å². The molecule has 2 heterocycles. The lowest BCUT2D eigenvalue weighted by Crippen LogP contribution is -2.27. The average molecular weight is 423 g/mol. The number of carbonyl (C=O) groups excluding carboxylic acids is 1. The number of anilines is 1. The average Bonchev–Trinajstić information content (AvgIpc) is 3.16. The van der Waals surface area contributed by atoms with Crippen molar-refractivity contribution in [1.82, 2.24) is 10.3 Å². The second-order valence-corrected chi connectivity index (χ2v) is 7.19. The fourth-order valence-electron chi connectivity index (χ4n) is 3.32. The van der Waals surface area contributed by atoms with Crippen molar-refractivity contribution in [3.05, 3.63) is 53.7 Å². The molecule has 0 saturated carbocycles. The first-order valence-corrected chi connectivity index (χ1v) is 9.72. The van der Waals surface area contributed by atoms with E-state index in [9.17, 15) is 18.0 Å². The van der Waals surface area contributed by atoms with E-state index in [1.165, 1.54) is 6.07 Å². The number of aliphatic hydroxyl groups is 1. The number of aliphatic hydroxyl groups excluding tert-OH is 1. The van der Waals surface area contributed by atoms with Crippen LogP contribution in [0.15, 0.2) is 42.5 Å². The summed E-state index contributed by atoms with van der Waals surface area (Å²) >= 11 is 0. The Balaban J connectivity index is 1.56. The van der Waals surface area contributed by atoms with Gasteiger partial charge in [0, 0.05) is 19.4 Å². The van der Waals surface area contributed by atoms with Crippen LogP contribution in [0.4, 0.5) is 19.0 Å². The van der Waals surface area contributed by atoms with Gasteiger partial charge in [0.05, 0.1) is 19.2 Å². The van der Waals surface area contributed by atoms with E-state index in [-0.39, 0.29) is 31.1 Å². The highest BCUT2D eigenvalue weighted by atomic mass is 19.4. The van der Waals surface area contributed by atoms with Gasteiger partial charge in [0.25, 0.3) is 0 Å². The van der Waals surface area contributed by atoms with Crippen molar-refractivity contribution >= 4 is 11.7 Å². The van der Waals surface area contributed by atoms with Crippen LogP contribution in [0.25, 0.3) is 0 Å². The van der Waals surface area contributed by atoms with Gasteiger partial charge in [-0.1, -0.05) is 18.2 Å². The van der Waals surface area contributed by atoms with Gasteiger partial charge < -0.3 is 20.1 Å². The number of aromatic nitrogens is 1. The largest absolute Gasteiger partial charge is 0.489 e. The van der Waals surface area contributed by atoms with E-state index in [0.717, 1.165) is 11.6 Å². The topological polar surface area (TPSA) is 74.7 Å². The number of nitrogens with one attached hydrogen (secondary N) is 1. The molecule has 1 aliphatic rings. The summed E-state index contributed by atoms with van der Waals surface area (Å²) in [5.74, 6) is 0.717. The molecule has 2 aromatic rings. The molecule has 0 radical (unpaired) electrons. The second kappa shape index (κ2) is 9.34. The van der Waals surface area contributed by atoms with E-state index < -0.39 is 11.9 Å². The Hall–Kier alpha value is -2.81. The fraction of sp³-hybridized carbons (Fsp3) is 0.429. The molecule has 9 heteroatoms. The minimum atomic E-state index is -4.47. The summed E-state index contributed by atoms with van der Waals surface area (Å²) in [6.45, 7) is 2.66. The third-order valence-electron chi connectivity index (χ3n) is 4.89. The number of amides is 1. The molecular weight excluding hydrogens is 399 g/mol. The molecule has 2 atom stereocenters. The molecule has 3 rings (SSSR count). The zero-order valence-corrected chi connectivity index (χ0v) is 16.5. The second-order valence-electron chi connectivity index (χ2n) is 7.19. The van der Waals surface area contributed by atoms with Crippen LogP contribution in [0.3, 0.4) is 0 Å². The number of hydrogen-bond acceptors (Lipinski definition) is 5. The van der Waals surface area contributed by atoms with Crippen LogP contribution in [0.1, 0.15) is 37.1 Å². The molecule has 0 spiro atoms. The molecule has 6 nitrogen and oxygen atoms in total. The SMILES string of the molecule is C[C@H](NC(=O)CCO)c1ccc(O[C@@H]2CCN(c3cccc(C(F)(F)F)n3)C2)cc1. The zero-order valence-electron chi connectivity index (χ0n) is 16.5. The number of ether oxygens (including phenoxy) is 1. The molecule has 2 N–H and O–H groups in total. The van der Waals surface area contributed by atoms with Crippen LogP contribution in [0.2, 0.25) is 0 Å². The van der Waals surface area contributed by atoms with Gasteiger partial charge in [0.2, 0.25) is 5.91 Å². The molecule has 0 unspecified atom stereocenters. The smallest absolute Gasteiger partial charge is 0.433 e. The predicted molar refractivity (Wildman–Crippen MR) is 105 cm³/mol. The number of carbonyl (C=O) groups is 1. The van der Waals surface area contributed by atoms with Gasteiger partial charge in [-0.15, -0.1) is 0 Å². The summed E-state index contributed by atoms with van der Waals surface area (Å²) in [6, 6.07) is 11.0. The third kappa shape index (κ3) is 5.63. The Morgan fingerprint density at radius 2 is 2.03 bits per heavy atom. The monoisotopic (exact) mass is 423 g/mol. The van der Waals surface area contributed by atoms with E-state index in [1.807, 2.05) is 19.1 Å². The molecule has 1 aliphatic heterocycles. The first-order valence-electron chi connectivity index (χ1n) is 9.72. The van der Waals surface area contributed by atoms with Gasteiger partial charge in [0.15, 0.2) is 0 Å². The predicted octanol–water partition coefficient (Wildman–Crippen LogP) is 3.32. The molecule has 162 valence electrons. The van der Waals surface area contributed by atoms with E-state index >= 15 is 0 Å². The van der Waals surface area contributed by atoms with Gasteiger partial charge in [-0.05, 0) is 36.8 Å². The molecule has 1 fully saturated rings. The normalized spacial score (nSPS) is 17.6. The number of hydrogen-bond donors (Lipinski definition) is 2. The Morgan fingerprint density at radius 1 is 1.30 bits per heavy atom. The molecule has 1 aromatic heterocycles. The Morgan fingerprint density at radius 3 is 2.70 bits per heavy atom. The molecular formula is C21H24F3N3O3. The van der Waals surface area contributed by atoms with Gasteiger partial charge in [-0.2, -0.15) is 13.2 Å². The van der Waals surface area contributed by atoms with Crippen molar-refractivity contribution in [3.63, 3.8) is 0 Å². The van der Waals surface area contributed by atoms with Crippen molar-refractivity contribution < 1.29 is 27.8 Å². The standard InChI is InChI=1S/C21H24F3N3O3/c1-14(25-20(29)10-12-28)15-5-7-16(8-6-15)30-17-9-11-27(13-17)19-4-2-3-18(26-19)21(22,23)24/h2-8,14,17,28H,9-13H2,1H3,(H,25,29)/t14-,17+/m0/s1. The Kier molecular flexibility index (Phi) is 6.81. The van der Waals surface area contributed by atoms with Crippen molar-refractivity contribution in [2.45, 2.75) is 38.1 Å². The van der Waals surface area contributed by atoms with Gasteiger partial charge in [-0.3, -0.25) is 4.79 Å². The highest BCUT2D eigenvalue weighted by molar-refractivity contribution is 5.76. The maximum atomic E-state index is 12.9. The minimum Gasteiger partial charge on any atom is -0.489 e. The van der Waals surface area contributed by atoms with Crippen LogP contribution < -0.4 is 15.0 Å². The number of nitrogens with zero attached hydrogens (tertiary/aromatic N) is 2. The Bertz CT molecular complexity index is 859. The first kappa shape index (κ1) is 21.9. The highest BCUT2D eigenvalue weighted by Crippen LogP contribution is 2.30. The number of pyridine rings is 1. The van der Waals surface area contributed by atoms with Crippen molar-refractivity contribution in [2.24, 2.45) is 0 Å². The summed E-state index contributed by atoms with van der Waals surface area (Å²) in [5, 5.41) is 11.6. The van der Waals surface area contributed by atoms with Gasteiger partial charge >= 0.3 is 6.18 Å². The quantitative estimate of drug-likeness (QED) is 0.715. The van der Waals surface area contributed by atoms with E-state index in [1.54, 1.807) is 23.1 Å². The van der Waals surface area contributed by atoms with Crippen molar-refractivity contribution in [1.29, 1.82) is 0 Å². The number of rotatable bonds is 7. The van der Waals surface area contributed by atoms with Gasteiger partial charge in [-0.25, -0.2) is 4.98 Å². The van der Waals surface area contributed by atoms with E-state index in [4.69, 9.17) is 9.84 Å². The third-order valence-corrected chi connectivity index (χ3v) is 4.89. The van der Waals surface area contributed by atoms with E-state index in [2.05, 4.69) is 10.3 Å². The lowest BCUT2D eigenvalue weighted by atomic mass is 10.1. The maximum absolute atomic E-state index is 12.9. The summed E-state index contributed by atoms with van der Waals surface area (Å²) in [6.07, 6.45) is -3.89. The lowest BCUT2D eigenvalue weighted by Gasteiger charge is -2.19. The molecule has 1 saturated heterocycles. The van der Waals surface area contributed by atoms with Crippen LogP contribution in [-0.4, -0.2) is 41.8 Å². The van der Waals surface area contributed by atoms with Crippen LogP contribution in [0.5, 0.6) is 5.75 Å². The maximum Gasteiger partial charge on any atom is 0.433 e. The molecule has 1 aromatic carbocycles. The molecule has 30 heavy (non-hydrogen) atoms. The molecule has 0 bridgehead atoms. The number of benzene rings is 1. The van der Waals surface area contributed by atoms with Crippen molar-refractivity contribution in [3.8, 4) is 5.75 Å². The molecule has 0 aliphatic carbocycles. The summed E-state index contributed by atoms with van der Waals surface area (Å²) in [5.41, 5.74) is -0.00462. The zero-order chi connectivity index (χ0) is 21.7. The summed E-state index contributed by atoms with van der Waals surface area (Å²) in [7, 11) is 0. The Labute approximate surface area is 172 Å². The first-order chi connectivity index (χ1) is 14.3.